The molecule has 0 atom stereocenters. The number of thioether (sulfide) groups is 1. The normalized spacial score (nSPS) is 14.5. The number of imidazole rings is 1. The maximum atomic E-state index is 13.1. The molecule has 1 aliphatic rings. The summed E-state index contributed by atoms with van der Waals surface area (Å²) in [5, 5.41) is 0. The van der Waals surface area contributed by atoms with E-state index in [0.29, 0.717) is 6.54 Å². The lowest BCUT2D eigenvalue weighted by atomic mass is 10.2. The molecule has 5 rings (SSSR count). The third kappa shape index (κ3) is 4.62. The lowest BCUT2D eigenvalue weighted by molar-refractivity contribution is 0.0767. The van der Waals surface area contributed by atoms with Crippen LogP contribution >= 0.6 is 11.8 Å². The molecule has 0 bridgehead atoms. The van der Waals surface area contributed by atoms with Crippen molar-refractivity contribution in [1.29, 1.82) is 0 Å². The van der Waals surface area contributed by atoms with E-state index in [0.717, 1.165) is 59.2 Å². The SMILES string of the molecule is O=C(c1ccc(SCc2cccnc2)cc1)N1CCCN(c2nc3ccccc3[nH]2)CC1. The van der Waals surface area contributed by atoms with Crippen LogP contribution < -0.4 is 4.90 Å². The number of amides is 1. The topological polar surface area (TPSA) is 65.1 Å². The number of nitrogens with one attached hydrogen (secondary N) is 1. The minimum absolute atomic E-state index is 0.0975. The first kappa shape index (κ1) is 20.6. The summed E-state index contributed by atoms with van der Waals surface area (Å²) in [4.78, 5) is 30.7. The van der Waals surface area contributed by atoms with Gasteiger partial charge < -0.3 is 14.8 Å². The number of para-hydroxylation sites is 2. The van der Waals surface area contributed by atoms with Crippen LogP contribution in [0.5, 0.6) is 0 Å². The van der Waals surface area contributed by atoms with Gasteiger partial charge in [-0.1, -0.05) is 18.2 Å². The number of hydrogen-bond acceptors (Lipinski definition) is 5. The van der Waals surface area contributed by atoms with Crippen molar-refractivity contribution in [1.82, 2.24) is 19.9 Å². The van der Waals surface area contributed by atoms with E-state index in [9.17, 15) is 4.79 Å². The highest BCUT2D eigenvalue weighted by Gasteiger charge is 2.22. The van der Waals surface area contributed by atoms with Gasteiger partial charge >= 0.3 is 0 Å². The van der Waals surface area contributed by atoms with Crippen LogP contribution in [0.25, 0.3) is 11.0 Å². The van der Waals surface area contributed by atoms with E-state index in [1.807, 2.05) is 65.7 Å². The molecule has 2 aromatic carbocycles. The highest BCUT2D eigenvalue weighted by Crippen LogP contribution is 2.24. The van der Waals surface area contributed by atoms with Crippen LogP contribution in [0.3, 0.4) is 0 Å². The van der Waals surface area contributed by atoms with Crippen molar-refractivity contribution < 1.29 is 4.79 Å². The molecule has 0 saturated carbocycles. The molecule has 1 fully saturated rings. The fourth-order valence-electron chi connectivity index (χ4n) is 3.95. The summed E-state index contributed by atoms with van der Waals surface area (Å²) in [6, 6.07) is 20.0. The number of anilines is 1. The smallest absolute Gasteiger partial charge is 0.253 e. The molecule has 32 heavy (non-hydrogen) atoms. The van der Waals surface area contributed by atoms with Crippen molar-refractivity contribution >= 4 is 34.7 Å². The fourth-order valence-corrected chi connectivity index (χ4v) is 4.78. The molecule has 4 aromatic rings. The van der Waals surface area contributed by atoms with Gasteiger partial charge in [-0.2, -0.15) is 0 Å². The van der Waals surface area contributed by atoms with E-state index in [-0.39, 0.29) is 5.91 Å². The summed E-state index contributed by atoms with van der Waals surface area (Å²) in [7, 11) is 0. The summed E-state index contributed by atoms with van der Waals surface area (Å²) in [6.07, 6.45) is 4.59. The number of H-pyrrole nitrogens is 1. The number of aromatic nitrogens is 3. The number of benzene rings is 2. The first-order valence-electron chi connectivity index (χ1n) is 10.9. The second-order valence-electron chi connectivity index (χ2n) is 7.88. The molecule has 0 aliphatic carbocycles. The molecular formula is C25H25N5OS. The number of fused-ring (bicyclic) bond motifs is 1. The molecule has 1 aliphatic heterocycles. The van der Waals surface area contributed by atoms with Gasteiger partial charge in [0.15, 0.2) is 0 Å². The predicted octanol–water partition coefficient (Wildman–Crippen LogP) is 4.60. The van der Waals surface area contributed by atoms with Crippen molar-refractivity contribution in [3.8, 4) is 0 Å². The van der Waals surface area contributed by atoms with Crippen LogP contribution in [0.15, 0.2) is 78.0 Å². The predicted molar refractivity (Wildman–Crippen MR) is 129 cm³/mol. The second kappa shape index (κ2) is 9.44. The van der Waals surface area contributed by atoms with Crippen molar-refractivity contribution in [2.45, 2.75) is 17.1 Å². The highest BCUT2D eigenvalue weighted by atomic mass is 32.2. The molecule has 0 radical (unpaired) electrons. The van der Waals surface area contributed by atoms with Gasteiger partial charge in [-0.25, -0.2) is 4.98 Å². The second-order valence-corrected chi connectivity index (χ2v) is 8.93. The molecule has 1 amide bonds. The zero-order valence-corrected chi connectivity index (χ0v) is 18.6. The minimum Gasteiger partial charge on any atom is -0.341 e. The lowest BCUT2D eigenvalue weighted by Gasteiger charge is -2.22. The zero-order valence-electron chi connectivity index (χ0n) is 17.8. The summed E-state index contributed by atoms with van der Waals surface area (Å²) < 4.78 is 0. The molecule has 1 N–H and O–H groups in total. The highest BCUT2D eigenvalue weighted by molar-refractivity contribution is 7.98. The van der Waals surface area contributed by atoms with Crippen LogP contribution in [0.4, 0.5) is 5.95 Å². The molecule has 162 valence electrons. The number of rotatable bonds is 5. The molecule has 7 heteroatoms. The first-order valence-corrected chi connectivity index (χ1v) is 11.9. The third-order valence-corrected chi connectivity index (χ3v) is 6.77. The average molecular weight is 444 g/mol. The zero-order chi connectivity index (χ0) is 21.8. The summed E-state index contributed by atoms with van der Waals surface area (Å²) in [5.74, 6) is 1.85. The van der Waals surface area contributed by atoms with Crippen LogP contribution in [0.1, 0.15) is 22.3 Å². The average Bonchev–Trinajstić information content (AvgIpc) is 3.13. The van der Waals surface area contributed by atoms with Gasteiger partial charge in [0, 0.05) is 54.8 Å². The Balaban J connectivity index is 1.20. The summed E-state index contributed by atoms with van der Waals surface area (Å²) in [5.41, 5.74) is 3.95. The van der Waals surface area contributed by atoms with Crippen LogP contribution in [-0.4, -0.2) is 51.9 Å². The van der Waals surface area contributed by atoms with Crippen molar-refractivity contribution in [3.05, 3.63) is 84.2 Å². The number of carbonyl (C=O) groups is 1. The Morgan fingerprint density at radius 1 is 0.969 bits per heavy atom. The standard InChI is InChI=1S/C25H25N5OS/c31-24(20-8-10-21(11-9-20)32-18-19-5-3-12-26-17-19)29-13-4-14-30(16-15-29)25-27-22-6-1-2-7-23(22)28-25/h1-3,5-12,17H,4,13-16,18H2,(H,27,28). The number of aromatic amines is 1. The first-order chi connectivity index (χ1) is 15.8. The van der Waals surface area contributed by atoms with E-state index in [1.165, 1.54) is 5.56 Å². The minimum atomic E-state index is 0.0975. The van der Waals surface area contributed by atoms with Crippen LogP contribution in [-0.2, 0) is 5.75 Å². The van der Waals surface area contributed by atoms with Gasteiger partial charge in [-0.05, 0) is 54.4 Å². The van der Waals surface area contributed by atoms with E-state index in [1.54, 1.807) is 18.0 Å². The van der Waals surface area contributed by atoms with E-state index in [2.05, 4.69) is 20.9 Å². The molecule has 1 saturated heterocycles. The van der Waals surface area contributed by atoms with Gasteiger partial charge in [0.2, 0.25) is 5.95 Å². The van der Waals surface area contributed by atoms with Gasteiger partial charge in [-0.15, -0.1) is 11.8 Å². The Morgan fingerprint density at radius 3 is 2.66 bits per heavy atom. The van der Waals surface area contributed by atoms with Gasteiger partial charge in [0.05, 0.1) is 11.0 Å². The number of pyridine rings is 1. The molecule has 0 unspecified atom stereocenters. The van der Waals surface area contributed by atoms with E-state index in [4.69, 9.17) is 4.98 Å². The Morgan fingerprint density at radius 2 is 1.84 bits per heavy atom. The largest absolute Gasteiger partial charge is 0.341 e. The van der Waals surface area contributed by atoms with E-state index >= 15 is 0 Å². The van der Waals surface area contributed by atoms with Crippen molar-refractivity contribution in [3.63, 3.8) is 0 Å². The summed E-state index contributed by atoms with van der Waals surface area (Å²) >= 11 is 1.75. The third-order valence-electron chi connectivity index (χ3n) is 5.69. The maximum Gasteiger partial charge on any atom is 0.253 e. The van der Waals surface area contributed by atoms with Gasteiger partial charge in [-0.3, -0.25) is 9.78 Å². The molecule has 2 aromatic heterocycles. The molecule has 0 spiro atoms. The van der Waals surface area contributed by atoms with Gasteiger partial charge in [0.25, 0.3) is 5.91 Å². The Bertz CT molecular complexity index is 1160. The van der Waals surface area contributed by atoms with Crippen molar-refractivity contribution in [2.24, 2.45) is 0 Å². The number of nitrogens with zero attached hydrogens (tertiary/aromatic N) is 4. The Labute approximate surface area is 191 Å². The van der Waals surface area contributed by atoms with Crippen molar-refractivity contribution in [2.75, 3.05) is 31.1 Å². The van der Waals surface area contributed by atoms with Crippen LogP contribution in [0.2, 0.25) is 0 Å². The van der Waals surface area contributed by atoms with E-state index < -0.39 is 0 Å². The Kier molecular flexibility index (Phi) is 6.07. The number of carbonyl (C=O) groups excluding carboxylic acids is 1. The maximum absolute atomic E-state index is 13.1. The summed E-state index contributed by atoms with van der Waals surface area (Å²) in [6.45, 7) is 3.10. The molecule has 3 heterocycles. The lowest BCUT2D eigenvalue weighted by Crippen LogP contribution is -2.35. The quantitative estimate of drug-likeness (QED) is 0.457. The van der Waals surface area contributed by atoms with Crippen LogP contribution in [0, 0.1) is 0 Å². The molecule has 6 nitrogen and oxygen atoms in total. The number of hydrogen-bond donors (Lipinski definition) is 1. The fraction of sp³-hybridized carbons (Fsp3) is 0.240. The monoisotopic (exact) mass is 443 g/mol. The Hall–Kier alpha value is -3.32. The van der Waals surface area contributed by atoms with Gasteiger partial charge in [0.1, 0.15) is 0 Å². The molecular weight excluding hydrogens is 418 g/mol.